The van der Waals surface area contributed by atoms with Gasteiger partial charge in [0.2, 0.25) is 5.89 Å². The smallest absolute Gasteiger partial charge is 0.227 e. The molecule has 0 fully saturated rings. The molecule has 5 heteroatoms. The van der Waals surface area contributed by atoms with Gasteiger partial charge >= 0.3 is 0 Å². The lowest BCUT2D eigenvalue weighted by molar-refractivity contribution is 0.372. The normalized spacial score (nSPS) is 10.9. The third-order valence-electron chi connectivity index (χ3n) is 3.10. The molecule has 3 aromatic rings. The summed E-state index contributed by atoms with van der Waals surface area (Å²) in [7, 11) is 0. The van der Waals surface area contributed by atoms with Gasteiger partial charge in [0.25, 0.3) is 0 Å². The number of nitrogens with one attached hydrogen (secondary N) is 1. The van der Waals surface area contributed by atoms with Crippen LogP contribution in [0.5, 0.6) is 0 Å². The lowest BCUT2D eigenvalue weighted by atomic mass is 10.2. The van der Waals surface area contributed by atoms with Crippen LogP contribution in [0.25, 0.3) is 10.4 Å². The van der Waals surface area contributed by atoms with Crippen LogP contribution in [0.3, 0.4) is 0 Å². The van der Waals surface area contributed by atoms with Crippen molar-refractivity contribution in [3.8, 4) is 10.4 Å². The molecule has 0 amide bonds. The van der Waals surface area contributed by atoms with Gasteiger partial charge in [0.1, 0.15) is 0 Å². The second kappa shape index (κ2) is 6.65. The predicted octanol–water partition coefficient (Wildman–Crippen LogP) is 3.44. The molecule has 0 radical (unpaired) electrons. The lowest BCUT2D eigenvalue weighted by Crippen LogP contribution is -2.16. The van der Waals surface area contributed by atoms with E-state index in [1.165, 1.54) is 15.3 Å². The molecule has 2 heterocycles. The molecule has 1 N–H and O–H groups in total. The molecule has 0 aliphatic rings. The van der Waals surface area contributed by atoms with E-state index in [4.69, 9.17) is 4.52 Å². The number of aryl methyl sites for hydroxylation is 1. The Bertz CT molecular complexity index is 690. The second-order valence-corrected chi connectivity index (χ2v) is 5.96. The van der Waals surface area contributed by atoms with E-state index in [1.807, 2.05) is 24.3 Å². The molecule has 108 valence electrons. The molecule has 0 saturated heterocycles. The van der Waals surface area contributed by atoms with Crippen molar-refractivity contribution in [1.29, 1.82) is 0 Å². The first kappa shape index (κ1) is 14.0. The summed E-state index contributed by atoms with van der Waals surface area (Å²) < 4.78 is 5.08. The summed E-state index contributed by atoms with van der Waals surface area (Å²) in [5.74, 6) is 1.38. The molecular formula is C16H17N3OS. The molecule has 0 aliphatic carbocycles. The standard InChI is InChI=1S/C16H17N3OS/c1-12-18-16(20-19-12)9-10-17-11-14-7-8-15(21-14)13-5-3-2-4-6-13/h2-8,17H,9-11H2,1H3. The molecule has 1 aromatic carbocycles. The third-order valence-corrected chi connectivity index (χ3v) is 4.24. The fourth-order valence-electron chi connectivity index (χ4n) is 2.08. The van der Waals surface area contributed by atoms with Gasteiger partial charge in [-0.1, -0.05) is 35.5 Å². The Balaban J connectivity index is 1.49. The summed E-state index contributed by atoms with van der Waals surface area (Å²) in [6.45, 7) is 3.53. The average molecular weight is 299 g/mol. The van der Waals surface area contributed by atoms with E-state index >= 15 is 0 Å². The Morgan fingerprint density at radius 2 is 2.00 bits per heavy atom. The number of thiophene rings is 1. The maximum Gasteiger partial charge on any atom is 0.227 e. The molecule has 0 aliphatic heterocycles. The Labute approximate surface area is 127 Å². The predicted molar refractivity (Wildman–Crippen MR) is 84.2 cm³/mol. The Kier molecular flexibility index (Phi) is 4.43. The largest absolute Gasteiger partial charge is 0.339 e. The Hall–Kier alpha value is -1.98. The van der Waals surface area contributed by atoms with Crippen molar-refractivity contribution in [3.05, 3.63) is 59.1 Å². The van der Waals surface area contributed by atoms with Gasteiger partial charge in [0, 0.05) is 29.3 Å². The Morgan fingerprint density at radius 1 is 1.14 bits per heavy atom. The minimum atomic E-state index is 0.691. The van der Waals surface area contributed by atoms with Crippen LogP contribution >= 0.6 is 11.3 Å². The number of rotatable bonds is 6. The third kappa shape index (κ3) is 3.77. The van der Waals surface area contributed by atoms with E-state index in [9.17, 15) is 0 Å². The molecular weight excluding hydrogens is 282 g/mol. The zero-order valence-electron chi connectivity index (χ0n) is 11.9. The van der Waals surface area contributed by atoms with E-state index in [0.29, 0.717) is 11.7 Å². The van der Waals surface area contributed by atoms with Gasteiger partial charge < -0.3 is 9.84 Å². The summed E-state index contributed by atoms with van der Waals surface area (Å²) in [6.07, 6.45) is 0.762. The van der Waals surface area contributed by atoms with Crippen molar-refractivity contribution in [2.24, 2.45) is 0 Å². The highest BCUT2D eigenvalue weighted by molar-refractivity contribution is 7.15. The number of hydrogen-bond donors (Lipinski definition) is 1. The molecule has 3 rings (SSSR count). The minimum absolute atomic E-state index is 0.691. The van der Waals surface area contributed by atoms with E-state index in [2.05, 4.69) is 51.9 Å². The fraction of sp³-hybridized carbons (Fsp3) is 0.250. The topological polar surface area (TPSA) is 51.0 Å². The first-order valence-corrected chi connectivity index (χ1v) is 7.77. The van der Waals surface area contributed by atoms with Crippen LogP contribution in [0.2, 0.25) is 0 Å². The number of hydrogen-bond acceptors (Lipinski definition) is 5. The van der Waals surface area contributed by atoms with Gasteiger partial charge in [-0.05, 0) is 24.6 Å². The molecule has 0 bridgehead atoms. The quantitative estimate of drug-likeness (QED) is 0.708. The molecule has 0 saturated carbocycles. The van der Waals surface area contributed by atoms with E-state index < -0.39 is 0 Å². The lowest BCUT2D eigenvalue weighted by Gasteiger charge is -2.00. The fourth-order valence-corrected chi connectivity index (χ4v) is 3.06. The van der Waals surface area contributed by atoms with E-state index in [1.54, 1.807) is 0 Å². The van der Waals surface area contributed by atoms with Crippen molar-refractivity contribution >= 4 is 11.3 Å². The molecule has 0 unspecified atom stereocenters. The number of nitrogens with zero attached hydrogens (tertiary/aromatic N) is 2. The summed E-state index contributed by atoms with van der Waals surface area (Å²) >= 11 is 1.82. The van der Waals surface area contributed by atoms with Crippen molar-refractivity contribution in [2.45, 2.75) is 19.9 Å². The van der Waals surface area contributed by atoms with Gasteiger partial charge in [0.15, 0.2) is 5.82 Å². The molecule has 4 nitrogen and oxygen atoms in total. The van der Waals surface area contributed by atoms with Crippen molar-refractivity contribution in [3.63, 3.8) is 0 Å². The zero-order chi connectivity index (χ0) is 14.5. The van der Waals surface area contributed by atoms with Crippen LogP contribution in [-0.4, -0.2) is 16.7 Å². The van der Waals surface area contributed by atoms with Gasteiger partial charge in [-0.3, -0.25) is 0 Å². The maximum atomic E-state index is 5.08. The highest BCUT2D eigenvalue weighted by Gasteiger charge is 2.04. The van der Waals surface area contributed by atoms with Gasteiger partial charge in [-0.15, -0.1) is 11.3 Å². The van der Waals surface area contributed by atoms with Crippen LogP contribution in [-0.2, 0) is 13.0 Å². The van der Waals surface area contributed by atoms with Gasteiger partial charge in [-0.2, -0.15) is 4.98 Å². The van der Waals surface area contributed by atoms with E-state index in [-0.39, 0.29) is 0 Å². The van der Waals surface area contributed by atoms with Crippen molar-refractivity contribution < 1.29 is 4.52 Å². The SMILES string of the molecule is Cc1noc(CCNCc2ccc(-c3ccccc3)s2)n1. The van der Waals surface area contributed by atoms with Gasteiger partial charge in [-0.25, -0.2) is 0 Å². The van der Waals surface area contributed by atoms with Gasteiger partial charge in [0.05, 0.1) is 0 Å². The van der Waals surface area contributed by atoms with Crippen LogP contribution in [0.15, 0.2) is 47.0 Å². The number of aromatic nitrogens is 2. The zero-order valence-corrected chi connectivity index (χ0v) is 12.7. The van der Waals surface area contributed by atoms with Crippen LogP contribution in [0, 0.1) is 6.92 Å². The first-order valence-electron chi connectivity index (χ1n) is 6.95. The maximum absolute atomic E-state index is 5.08. The summed E-state index contributed by atoms with van der Waals surface area (Å²) in [4.78, 5) is 6.82. The van der Waals surface area contributed by atoms with E-state index in [0.717, 1.165) is 19.5 Å². The average Bonchev–Trinajstić information content (AvgIpc) is 3.14. The highest BCUT2D eigenvalue weighted by Crippen LogP contribution is 2.27. The van der Waals surface area contributed by atoms with Crippen molar-refractivity contribution in [1.82, 2.24) is 15.5 Å². The Morgan fingerprint density at radius 3 is 2.76 bits per heavy atom. The first-order chi connectivity index (χ1) is 10.3. The van der Waals surface area contributed by atoms with Crippen molar-refractivity contribution in [2.75, 3.05) is 6.54 Å². The molecule has 0 atom stereocenters. The molecule has 21 heavy (non-hydrogen) atoms. The summed E-state index contributed by atoms with van der Waals surface area (Å²) in [6, 6.07) is 14.8. The van der Waals surface area contributed by atoms with Crippen LogP contribution < -0.4 is 5.32 Å². The molecule has 0 spiro atoms. The molecule has 2 aromatic heterocycles. The number of benzene rings is 1. The summed E-state index contributed by atoms with van der Waals surface area (Å²) in [5, 5.41) is 7.19. The highest BCUT2D eigenvalue weighted by atomic mass is 32.1. The minimum Gasteiger partial charge on any atom is -0.339 e. The monoisotopic (exact) mass is 299 g/mol. The summed E-state index contributed by atoms with van der Waals surface area (Å²) in [5.41, 5.74) is 1.27. The second-order valence-electron chi connectivity index (χ2n) is 4.79. The van der Waals surface area contributed by atoms with Crippen LogP contribution in [0.4, 0.5) is 0 Å². The van der Waals surface area contributed by atoms with Crippen LogP contribution in [0.1, 0.15) is 16.6 Å².